The maximum atomic E-state index is 5.46. The lowest BCUT2D eigenvalue weighted by atomic mass is 10.2. The number of methoxy groups -OCH3 is 2. The van der Waals surface area contributed by atoms with Crippen LogP contribution in [0.1, 0.15) is 5.56 Å². The number of para-hydroxylation sites is 1. The fourth-order valence-corrected chi connectivity index (χ4v) is 3.47. The van der Waals surface area contributed by atoms with Crippen molar-refractivity contribution < 1.29 is 9.47 Å². The van der Waals surface area contributed by atoms with Crippen molar-refractivity contribution in [3.8, 4) is 11.5 Å². The van der Waals surface area contributed by atoms with Crippen LogP contribution in [0.25, 0.3) is 0 Å². The van der Waals surface area contributed by atoms with Crippen LogP contribution in [0.4, 0.5) is 5.69 Å². The van der Waals surface area contributed by atoms with Crippen LogP contribution < -0.4 is 14.8 Å². The van der Waals surface area contributed by atoms with E-state index in [4.69, 9.17) is 9.47 Å². The van der Waals surface area contributed by atoms with Gasteiger partial charge in [0.15, 0.2) is 0 Å². The van der Waals surface area contributed by atoms with Crippen molar-refractivity contribution in [3.63, 3.8) is 0 Å². The SMILES string of the molecule is COc1ccc(OC)c(CNc2ccccc2Sc2ccccc2)c1. The van der Waals surface area contributed by atoms with E-state index in [1.807, 2.05) is 30.3 Å². The van der Waals surface area contributed by atoms with Crippen molar-refractivity contribution in [2.45, 2.75) is 16.3 Å². The molecule has 3 nitrogen and oxygen atoms in total. The highest BCUT2D eigenvalue weighted by Crippen LogP contribution is 2.34. The van der Waals surface area contributed by atoms with E-state index in [1.165, 1.54) is 9.79 Å². The van der Waals surface area contributed by atoms with Gasteiger partial charge >= 0.3 is 0 Å². The highest BCUT2D eigenvalue weighted by molar-refractivity contribution is 7.99. The molecule has 0 radical (unpaired) electrons. The highest BCUT2D eigenvalue weighted by Gasteiger charge is 2.08. The van der Waals surface area contributed by atoms with Gasteiger partial charge in [0.1, 0.15) is 11.5 Å². The summed E-state index contributed by atoms with van der Waals surface area (Å²) >= 11 is 1.75. The van der Waals surface area contributed by atoms with Crippen LogP contribution in [-0.2, 0) is 6.54 Å². The Morgan fingerprint density at radius 2 is 1.60 bits per heavy atom. The zero-order valence-electron chi connectivity index (χ0n) is 14.4. The molecule has 25 heavy (non-hydrogen) atoms. The van der Waals surface area contributed by atoms with E-state index < -0.39 is 0 Å². The number of rotatable bonds is 7. The van der Waals surface area contributed by atoms with Gasteiger partial charge in [0.25, 0.3) is 0 Å². The molecule has 128 valence electrons. The van der Waals surface area contributed by atoms with Crippen LogP contribution in [-0.4, -0.2) is 14.2 Å². The number of benzene rings is 3. The van der Waals surface area contributed by atoms with Crippen molar-refractivity contribution >= 4 is 17.4 Å². The van der Waals surface area contributed by atoms with E-state index in [0.717, 1.165) is 22.7 Å². The van der Waals surface area contributed by atoms with Gasteiger partial charge in [-0.1, -0.05) is 42.1 Å². The third-order valence-corrected chi connectivity index (χ3v) is 4.90. The number of anilines is 1. The summed E-state index contributed by atoms with van der Waals surface area (Å²) in [7, 11) is 3.36. The van der Waals surface area contributed by atoms with Gasteiger partial charge in [0, 0.05) is 27.6 Å². The first-order valence-corrected chi connectivity index (χ1v) is 8.88. The van der Waals surface area contributed by atoms with Gasteiger partial charge in [-0.2, -0.15) is 0 Å². The van der Waals surface area contributed by atoms with E-state index in [-0.39, 0.29) is 0 Å². The molecule has 3 aromatic rings. The summed E-state index contributed by atoms with van der Waals surface area (Å²) in [5.74, 6) is 1.67. The van der Waals surface area contributed by atoms with Crippen LogP contribution in [0.5, 0.6) is 11.5 Å². The summed E-state index contributed by atoms with van der Waals surface area (Å²) in [5.41, 5.74) is 2.16. The quantitative estimate of drug-likeness (QED) is 0.612. The summed E-state index contributed by atoms with van der Waals surface area (Å²) in [4.78, 5) is 2.41. The van der Waals surface area contributed by atoms with E-state index in [2.05, 4.69) is 47.8 Å². The molecule has 0 bridgehead atoms. The summed E-state index contributed by atoms with van der Waals surface area (Å²) in [5, 5.41) is 3.52. The highest BCUT2D eigenvalue weighted by atomic mass is 32.2. The molecule has 0 aliphatic heterocycles. The minimum absolute atomic E-state index is 0.659. The van der Waals surface area contributed by atoms with Crippen molar-refractivity contribution in [3.05, 3.63) is 78.4 Å². The lowest BCUT2D eigenvalue weighted by Crippen LogP contribution is -2.03. The molecule has 0 atom stereocenters. The van der Waals surface area contributed by atoms with Crippen LogP contribution in [0.3, 0.4) is 0 Å². The maximum Gasteiger partial charge on any atom is 0.124 e. The Kier molecular flexibility index (Phi) is 5.86. The lowest BCUT2D eigenvalue weighted by Gasteiger charge is -2.14. The molecule has 0 amide bonds. The number of hydrogen-bond acceptors (Lipinski definition) is 4. The van der Waals surface area contributed by atoms with E-state index in [0.29, 0.717) is 6.54 Å². The number of ether oxygens (including phenoxy) is 2. The largest absolute Gasteiger partial charge is 0.497 e. The topological polar surface area (TPSA) is 30.5 Å². The van der Waals surface area contributed by atoms with Crippen LogP contribution in [0.15, 0.2) is 82.6 Å². The smallest absolute Gasteiger partial charge is 0.124 e. The molecule has 3 aromatic carbocycles. The van der Waals surface area contributed by atoms with Crippen LogP contribution in [0.2, 0.25) is 0 Å². The Morgan fingerprint density at radius 1 is 0.840 bits per heavy atom. The maximum absolute atomic E-state index is 5.46. The first kappa shape index (κ1) is 17.2. The minimum Gasteiger partial charge on any atom is -0.497 e. The van der Waals surface area contributed by atoms with Crippen molar-refractivity contribution in [2.24, 2.45) is 0 Å². The molecule has 0 aromatic heterocycles. The molecule has 0 fully saturated rings. The Bertz CT molecular complexity index is 821. The molecule has 0 heterocycles. The van der Waals surface area contributed by atoms with Gasteiger partial charge < -0.3 is 14.8 Å². The number of hydrogen-bond donors (Lipinski definition) is 1. The fraction of sp³-hybridized carbons (Fsp3) is 0.143. The number of nitrogens with one attached hydrogen (secondary N) is 1. The summed E-state index contributed by atoms with van der Waals surface area (Å²) in [6.07, 6.45) is 0. The molecule has 3 rings (SSSR count). The lowest BCUT2D eigenvalue weighted by molar-refractivity contribution is 0.399. The Morgan fingerprint density at radius 3 is 2.36 bits per heavy atom. The van der Waals surface area contributed by atoms with E-state index >= 15 is 0 Å². The van der Waals surface area contributed by atoms with Crippen LogP contribution >= 0.6 is 11.8 Å². The average Bonchev–Trinajstić information content (AvgIpc) is 2.68. The van der Waals surface area contributed by atoms with E-state index in [1.54, 1.807) is 26.0 Å². The van der Waals surface area contributed by atoms with Gasteiger partial charge in [-0.25, -0.2) is 0 Å². The Balaban J connectivity index is 1.78. The van der Waals surface area contributed by atoms with Gasteiger partial charge in [0.05, 0.1) is 14.2 Å². The van der Waals surface area contributed by atoms with Crippen molar-refractivity contribution in [1.29, 1.82) is 0 Å². The molecular weight excluding hydrogens is 330 g/mol. The van der Waals surface area contributed by atoms with E-state index in [9.17, 15) is 0 Å². The molecule has 0 saturated carbocycles. The zero-order chi connectivity index (χ0) is 17.5. The predicted octanol–water partition coefficient (Wildman–Crippen LogP) is 5.47. The van der Waals surface area contributed by atoms with Gasteiger partial charge in [0.2, 0.25) is 0 Å². The normalized spacial score (nSPS) is 10.3. The molecule has 0 aliphatic rings. The van der Waals surface area contributed by atoms with Gasteiger partial charge in [-0.05, 0) is 42.5 Å². The molecule has 0 saturated heterocycles. The molecule has 1 N–H and O–H groups in total. The molecular formula is C21H21NO2S. The first-order valence-electron chi connectivity index (χ1n) is 8.07. The molecule has 0 unspecified atom stereocenters. The minimum atomic E-state index is 0.659. The third kappa shape index (κ3) is 4.48. The first-order chi connectivity index (χ1) is 12.3. The predicted molar refractivity (Wildman–Crippen MR) is 104 cm³/mol. The van der Waals surface area contributed by atoms with Crippen molar-refractivity contribution in [1.82, 2.24) is 0 Å². The summed E-state index contributed by atoms with van der Waals surface area (Å²) in [6, 6.07) is 24.5. The fourth-order valence-electron chi connectivity index (χ4n) is 2.53. The molecule has 0 aliphatic carbocycles. The summed E-state index contributed by atoms with van der Waals surface area (Å²) in [6.45, 7) is 0.659. The summed E-state index contributed by atoms with van der Waals surface area (Å²) < 4.78 is 10.8. The van der Waals surface area contributed by atoms with Gasteiger partial charge in [-0.15, -0.1) is 0 Å². The zero-order valence-corrected chi connectivity index (χ0v) is 15.2. The molecule has 4 heteroatoms. The second-order valence-corrected chi connectivity index (χ2v) is 6.56. The second-order valence-electron chi connectivity index (χ2n) is 5.44. The monoisotopic (exact) mass is 351 g/mol. The molecule has 0 spiro atoms. The Labute approximate surface area is 153 Å². The third-order valence-electron chi connectivity index (χ3n) is 3.81. The van der Waals surface area contributed by atoms with Gasteiger partial charge in [-0.3, -0.25) is 0 Å². The second kappa shape index (κ2) is 8.49. The standard InChI is InChI=1S/C21H21NO2S/c1-23-17-12-13-20(24-2)16(14-17)15-22-19-10-6-7-11-21(19)25-18-8-4-3-5-9-18/h3-14,22H,15H2,1-2H3. The van der Waals surface area contributed by atoms with Crippen LogP contribution in [0, 0.1) is 0 Å². The van der Waals surface area contributed by atoms with Crippen molar-refractivity contribution in [2.75, 3.05) is 19.5 Å². The Hall–Kier alpha value is -2.59. The average molecular weight is 351 g/mol.